The molecule has 0 spiro atoms. The van der Waals surface area contributed by atoms with E-state index in [4.69, 9.17) is 0 Å². The lowest BCUT2D eigenvalue weighted by atomic mass is 10.2. The molecule has 0 unspecified atom stereocenters. The fourth-order valence-corrected chi connectivity index (χ4v) is 5.24. The molecule has 0 aromatic carbocycles. The van der Waals surface area contributed by atoms with Gasteiger partial charge in [0.15, 0.2) is 4.96 Å². The maximum Gasteiger partial charge on any atom is 0.262 e. The Labute approximate surface area is 184 Å². The van der Waals surface area contributed by atoms with Gasteiger partial charge in [0, 0.05) is 63.3 Å². The van der Waals surface area contributed by atoms with Crippen LogP contribution in [0, 0.1) is 0 Å². The molecule has 31 heavy (non-hydrogen) atoms. The largest absolute Gasteiger partial charge is 0.340 e. The molecule has 0 bridgehead atoms. The van der Waals surface area contributed by atoms with Crippen molar-refractivity contribution in [2.24, 2.45) is 0 Å². The van der Waals surface area contributed by atoms with Crippen LogP contribution < -0.4 is 11.1 Å². The van der Waals surface area contributed by atoms with Crippen molar-refractivity contribution < 1.29 is 4.79 Å². The van der Waals surface area contributed by atoms with Gasteiger partial charge in [0.2, 0.25) is 5.91 Å². The van der Waals surface area contributed by atoms with Crippen molar-refractivity contribution in [2.45, 2.75) is 19.5 Å². The van der Waals surface area contributed by atoms with Crippen LogP contribution in [0.4, 0.5) is 0 Å². The molecule has 5 heterocycles. The molecule has 0 radical (unpaired) electrons. The van der Waals surface area contributed by atoms with Crippen molar-refractivity contribution in [1.82, 2.24) is 28.7 Å². The quantitative estimate of drug-likeness (QED) is 0.449. The Hall–Kier alpha value is -2.89. The van der Waals surface area contributed by atoms with E-state index in [2.05, 4.69) is 14.9 Å². The predicted octanol–water partition coefficient (Wildman–Crippen LogP) is 1.26. The number of hydrogen-bond acceptors (Lipinski definition) is 8. The number of thiophene rings is 1. The molecule has 160 valence electrons. The van der Waals surface area contributed by atoms with Crippen LogP contribution in [0.15, 0.2) is 45.0 Å². The van der Waals surface area contributed by atoms with Gasteiger partial charge in [-0.3, -0.25) is 28.3 Å². The Kier molecular flexibility index (Phi) is 5.38. The average Bonchev–Trinajstić information content (AvgIpc) is 3.43. The zero-order valence-electron chi connectivity index (χ0n) is 16.6. The molecule has 0 saturated carbocycles. The van der Waals surface area contributed by atoms with Crippen LogP contribution in [0.1, 0.15) is 12.1 Å². The number of thiazole rings is 1. The molecule has 1 aliphatic heterocycles. The molecule has 1 saturated heterocycles. The van der Waals surface area contributed by atoms with E-state index in [1.54, 1.807) is 22.7 Å². The Morgan fingerprint density at radius 2 is 1.94 bits per heavy atom. The third-order valence-electron chi connectivity index (χ3n) is 5.48. The number of carbonyl (C=O) groups excluding carboxylic acids is 1. The molecule has 1 aliphatic rings. The lowest BCUT2D eigenvalue weighted by Gasteiger charge is -2.34. The van der Waals surface area contributed by atoms with Gasteiger partial charge in [-0.05, 0) is 11.4 Å². The van der Waals surface area contributed by atoms with E-state index in [1.165, 1.54) is 33.6 Å². The first kappa shape index (κ1) is 20.0. The summed E-state index contributed by atoms with van der Waals surface area (Å²) in [6, 6.07) is 3.35. The minimum absolute atomic E-state index is 0.0355. The summed E-state index contributed by atoms with van der Waals surface area (Å²) in [7, 11) is 0. The highest BCUT2D eigenvalue weighted by atomic mass is 32.1. The Balaban J connectivity index is 1.16. The van der Waals surface area contributed by atoms with Crippen molar-refractivity contribution in [2.75, 3.05) is 26.2 Å². The number of aryl methyl sites for hydroxylation is 1. The van der Waals surface area contributed by atoms with Gasteiger partial charge in [-0.2, -0.15) is 0 Å². The zero-order chi connectivity index (χ0) is 21.4. The van der Waals surface area contributed by atoms with Crippen LogP contribution in [-0.2, 0) is 17.9 Å². The predicted molar refractivity (Wildman–Crippen MR) is 120 cm³/mol. The topological polar surface area (TPSA) is 92.8 Å². The summed E-state index contributed by atoms with van der Waals surface area (Å²) >= 11 is 2.87. The van der Waals surface area contributed by atoms with Crippen LogP contribution in [0.5, 0.6) is 0 Å². The van der Waals surface area contributed by atoms with Gasteiger partial charge in [-0.1, -0.05) is 0 Å². The van der Waals surface area contributed by atoms with E-state index in [0.717, 1.165) is 23.6 Å². The van der Waals surface area contributed by atoms with E-state index in [0.29, 0.717) is 36.5 Å². The summed E-state index contributed by atoms with van der Waals surface area (Å²) in [6.07, 6.45) is 3.52. The van der Waals surface area contributed by atoms with Crippen LogP contribution in [0.2, 0.25) is 0 Å². The second kappa shape index (κ2) is 8.33. The summed E-state index contributed by atoms with van der Waals surface area (Å²) < 4.78 is 3.05. The maximum absolute atomic E-state index is 12.6. The Bertz CT molecular complexity index is 1360. The third-order valence-corrected chi connectivity index (χ3v) is 7.06. The Morgan fingerprint density at radius 3 is 2.77 bits per heavy atom. The second-order valence-corrected chi connectivity index (χ2v) is 9.20. The van der Waals surface area contributed by atoms with E-state index in [-0.39, 0.29) is 23.4 Å². The molecule has 4 aromatic heterocycles. The van der Waals surface area contributed by atoms with Gasteiger partial charge in [0.25, 0.3) is 11.1 Å². The lowest BCUT2D eigenvalue weighted by molar-refractivity contribution is -0.133. The molecule has 0 aliphatic carbocycles. The number of aromatic nitrogens is 4. The molecule has 0 N–H and O–H groups in total. The first-order valence-electron chi connectivity index (χ1n) is 9.97. The molecular formula is C20H20N6O3S2. The fourth-order valence-electron chi connectivity index (χ4n) is 3.78. The lowest BCUT2D eigenvalue weighted by Crippen LogP contribution is -2.48. The van der Waals surface area contributed by atoms with Gasteiger partial charge >= 0.3 is 0 Å². The monoisotopic (exact) mass is 456 g/mol. The summed E-state index contributed by atoms with van der Waals surface area (Å²) in [5.41, 5.74) is 0.582. The molecule has 0 atom stereocenters. The van der Waals surface area contributed by atoms with Crippen LogP contribution in [0.3, 0.4) is 0 Å². The molecule has 4 aromatic rings. The summed E-state index contributed by atoms with van der Waals surface area (Å²) in [6.45, 7) is 3.60. The third kappa shape index (κ3) is 4.03. The van der Waals surface area contributed by atoms with E-state index < -0.39 is 0 Å². The first-order valence-corrected chi connectivity index (χ1v) is 11.7. The van der Waals surface area contributed by atoms with E-state index >= 15 is 0 Å². The van der Waals surface area contributed by atoms with Crippen molar-refractivity contribution in [3.8, 4) is 0 Å². The summed E-state index contributed by atoms with van der Waals surface area (Å²) in [4.78, 5) is 51.5. The Morgan fingerprint density at radius 1 is 1.10 bits per heavy atom. The highest BCUT2D eigenvalue weighted by molar-refractivity contribution is 7.16. The molecule has 9 nitrogen and oxygen atoms in total. The number of carbonyl (C=O) groups is 1. The number of rotatable bonds is 5. The number of piperazine rings is 1. The van der Waals surface area contributed by atoms with Crippen molar-refractivity contribution in [3.63, 3.8) is 0 Å². The SMILES string of the molecule is O=C(CCn1cnc2sccc2c1=O)N1CCN(Cc2cc(=O)n3ccsc3n2)CC1. The minimum atomic E-state index is -0.102. The normalized spacial score (nSPS) is 15.2. The van der Waals surface area contributed by atoms with Crippen molar-refractivity contribution >= 4 is 43.8 Å². The number of fused-ring (bicyclic) bond motifs is 2. The number of nitrogens with zero attached hydrogens (tertiary/aromatic N) is 6. The highest BCUT2D eigenvalue weighted by Gasteiger charge is 2.22. The second-order valence-electron chi connectivity index (χ2n) is 7.43. The standard InChI is InChI=1S/C20H20N6O3S2/c27-16(1-3-25-13-21-18-15(19(25)29)2-9-30-18)24-6-4-23(5-7-24)12-14-11-17(28)26-8-10-31-20(26)22-14/h2,8-11,13H,1,3-7,12H2. The van der Waals surface area contributed by atoms with Crippen LogP contribution in [0.25, 0.3) is 15.2 Å². The zero-order valence-corrected chi connectivity index (χ0v) is 18.3. The molecular weight excluding hydrogens is 436 g/mol. The minimum Gasteiger partial charge on any atom is -0.340 e. The fraction of sp³-hybridized carbons (Fsp3) is 0.350. The summed E-state index contributed by atoms with van der Waals surface area (Å²) in [5.74, 6) is 0.0355. The van der Waals surface area contributed by atoms with Crippen molar-refractivity contribution in [3.05, 3.63) is 61.8 Å². The van der Waals surface area contributed by atoms with E-state index in [9.17, 15) is 14.4 Å². The number of amides is 1. The van der Waals surface area contributed by atoms with Crippen LogP contribution >= 0.6 is 22.7 Å². The van der Waals surface area contributed by atoms with Crippen LogP contribution in [-0.4, -0.2) is 60.8 Å². The highest BCUT2D eigenvalue weighted by Crippen LogP contribution is 2.14. The molecule has 5 rings (SSSR count). The molecule has 1 amide bonds. The van der Waals surface area contributed by atoms with Gasteiger partial charge in [-0.15, -0.1) is 22.7 Å². The maximum atomic E-state index is 12.6. The molecule has 11 heteroatoms. The van der Waals surface area contributed by atoms with Crippen molar-refractivity contribution in [1.29, 1.82) is 0 Å². The smallest absolute Gasteiger partial charge is 0.262 e. The van der Waals surface area contributed by atoms with Gasteiger partial charge in [-0.25, -0.2) is 9.97 Å². The molecule has 1 fully saturated rings. The summed E-state index contributed by atoms with van der Waals surface area (Å²) in [5, 5.41) is 4.29. The van der Waals surface area contributed by atoms with Gasteiger partial charge in [0.05, 0.1) is 17.4 Å². The van der Waals surface area contributed by atoms with Gasteiger partial charge < -0.3 is 4.90 Å². The van der Waals surface area contributed by atoms with E-state index in [1.807, 2.05) is 15.7 Å². The average molecular weight is 457 g/mol. The number of hydrogen-bond donors (Lipinski definition) is 0. The van der Waals surface area contributed by atoms with Gasteiger partial charge in [0.1, 0.15) is 4.83 Å². The first-order chi connectivity index (χ1) is 15.1.